The summed E-state index contributed by atoms with van der Waals surface area (Å²) in [5, 5.41) is 3.02. The second-order valence-corrected chi connectivity index (χ2v) is 6.40. The van der Waals surface area contributed by atoms with Crippen molar-refractivity contribution >= 4 is 5.91 Å². The third kappa shape index (κ3) is 4.93. The topological polar surface area (TPSA) is 38.3 Å². The van der Waals surface area contributed by atoms with E-state index in [1.807, 2.05) is 12.1 Å². The van der Waals surface area contributed by atoms with Crippen LogP contribution in [0.5, 0.6) is 0 Å². The number of rotatable bonds is 7. The van der Waals surface area contributed by atoms with E-state index in [-0.39, 0.29) is 12.0 Å². The normalized spacial score (nSPS) is 16.4. The molecular formula is C21H25NO2. The number of hydrogen-bond acceptors (Lipinski definition) is 2. The molecule has 1 atom stereocenters. The zero-order chi connectivity index (χ0) is 16.6. The van der Waals surface area contributed by atoms with Crippen LogP contribution < -0.4 is 5.32 Å². The number of ether oxygens (including phenoxy) is 1. The maximum absolute atomic E-state index is 12.0. The minimum Gasteiger partial charge on any atom is -0.371 e. The lowest BCUT2D eigenvalue weighted by atomic mass is 9.99. The number of carbonyl (C=O) groups is 1. The summed E-state index contributed by atoms with van der Waals surface area (Å²) in [6.45, 7) is 1.25. The van der Waals surface area contributed by atoms with Crippen LogP contribution in [0.1, 0.15) is 36.0 Å². The first-order valence-corrected chi connectivity index (χ1v) is 8.80. The van der Waals surface area contributed by atoms with E-state index in [9.17, 15) is 4.79 Å². The van der Waals surface area contributed by atoms with Gasteiger partial charge >= 0.3 is 0 Å². The summed E-state index contributed by atoms with van der Waals surface area (Å²) in [6.07, 6.45) is 4.57. The molecule has 1 N–H and O–H groups in total. The molecule has 0 saturated carbocycles. The molecule has 3 heteroatoms. The largest absolute Gasteiger partial charge is 0.371 e. The van der Waals surface area contributed by atoms with E-state index in [2.05, 4.69) is 47.8 Å². The van der Waals surface area contributed by atoms with E-state index < -0.39 is 0 Å². The second kappa shape index (κ2) is 8.65. The summed E-state index contributed by atoms with van der Waals surface area (Å²) in [7, 11) is 0. The monoisotopic (exact) mass is 323 g/mol. The van der Waals surface area contributed by atoms with E-state index in [0.29, 0.717) is 19.6 Å². The molecule has 0 bridgehead atoms. The Kier molecular flexibility index (Phi) is 6.02. The molecule has 0 aliphatic carbocycles. The van der Waals surface area contributed by atoms with Gasteiger partial charge in [-0.3, -0.25) is 4.79 Å². The Labute approximate surface area is 144 Å². The summed E-state index contributed by atoms with van der Waals surface area (Å²) >= 11 is 0. The first kappa shape index (κ1) is 16.7. The van der Waals surface area contributed by atoms with Crippen LogP contribution in [0.3, 0.4) is 0 Å². The fraction of sp³-hybridized carbons (Fsp3) is 0.381. The van der Waals surface area contributed by atoms with Crippen LogP contribution in [-0.4, -0.2) is 18.6 Å². The second-order valence-electron chi connectivity index (χ2n) is 6.40. The first-order valence-electron chi connectivity index (χ1n) is 8.80. The highest BCUT2D eigenvalue weighted by molar-refractivity contribution is 5.75. The first-order chi connectivity index (χ1) is 11.8. The van der Waals surface area contributed by atoms with Gasteiger partial charge in [-0.15, -0.1) is 0 Å². The number of hydrogen-bond donors (Lipinski definition) is 1. The third-order valence-electron chi connectivity index (χ3n) is 4.53. The van der Waals surface area contributed by atoms with Crippen LogP contribution in [0, 0.1) is 0 Å². The molecule has 2 aromatic rings. The molecule has 1 aliphatic rings. The molecule has 0 fully saturated rings. The Morgan fingerprint density at radius 3 is 2.58 bits per heavy atom. The van der Waals surface area contributed by atoms with Gasteiger partial charge in [0.25, 0.3) is 0 Å². The number of amides is 1. The molecule has 1 amide bonds. The molecule has 3 nitrogen and oxygen atoms in total. The fourth-order valence-corrected chi connectivity index (χ4v) is 3.12. The van der Waals surface area contributed by atoms with Crippen LogP contribution in [0.2, 0.25) is 0 Å². The minimum atomic E-state index is 0.0909. The number of fused-ring (bicyclic) bond motifs is 1. The molecule has 0 saturated heterocycles. The highest BCUT2D eigenvalue weighted by atomic mass is 16.5. The van der Waals surface area contributed by atoms with Crippen molar-refractivity contribution in [3.8, 4) is 0 Å². The number of nitrogens with one attached hydrogen (secondary N) is 1. The zero-order valence-corrected chi connectivity index (χ0v) is 14.0. The summed E-state index contributed by atoms with van der Waals surface area (Å²) in [6, 6.07) is 18.8. The van der Waals surface area contributed by atoms with E-state index in [1.165, 1.54) is 16.7 Å². The van der Waals surface area contributed by atoms with Gasteiger partial charge in [0.1, 0.15) is 0 Å². The minimum absolute atomic E-state index is 0.0909. The zero-order valence-electron chi connectivity index (χ0n) is 14.0. The van der Waals surface area contributed by atoms with Gasteiger partial charge in [0, 0.05) is 19.4 Å². The number of benzene rings is 2. The van der Waals surface area contributed by atoms with Gasteiger partial charge < -0.3 is 10.1 Å². The maximum atomic E-state index is 12.0. The predicted octanol–water partition coefficient (Wildman–Crippen LogP) is 3.66. The van der Waals surface area contributed by atoms with E-state index in [1.54, 1.807) is 0 Å². The standard InChI is InChI=1S/C21H25NO2/c23-21(13-7-4-10-17-8-2-1-3-9-17)22-15-20-14-18-11-5-6-12-19(18)16-24-20/h1-3,5-6,8-9,11-12,20H,4,7,10,13-16H2,(H,22,23). The molecular weight excluding hydrogens is 298 g/mol. The van der Waals surface area contributed by atoms with Crippen LogP contribution in [-0.2, 0) is 29.0 Å². The van der Waals surface area contributed by atoms with Crippen LogP contribution >= 0.6 is 0 Å². The summed E-state index contributed by atoms with van der Waals surface area (Å²) < 4.78 is 5.82. The highest BCUT2D eigenvalue weighted by Gasteiger charge is 2.19. The average molecular weight is 323 g/mol. The lowest BCUT2D eigenvalue weighted by molar-refractivity contribution is -0.122. The predicted molar refractivity (Wildman–Crippen MR) is 95.7 cm³/mol. The number of aryl methyl sites for hydroxylation is 1. The van der Waals surface area contributed by atoms with Gasteiger partial charge in [-0.25, -0.2) is 0 Å². The van der Waals surface area contributed by atoms with Crippen molar-refractivity contribution in [2.45, 2.75) is 44.8 Å². The molecule has 126 valence electrons. The van der Waals surface area contributed by atoms with Crippen molar-refractivity contribution in [1.29, 1.82) is 0 Å². The molecule has 3 rings (SSSR count). The van der Waals surface area contributed by atoms with Gasteiger partial charge in [0.15, 0.2) is 0 Å². The number of unbranched alkanes of at least 4 members (excludes halogenated alkanes) is 1. The average Bonchev–Trinajstić information content (AvgIpc) is 2.64. The van der Waals surface area contributed by atoms with Gasteiger partial charge in [0.05, 0.1) is 12.7 Å². The molecule has 0 aromatic heterocycles. The molecule has 1 heterocycles. The molecule has 2 aromatic carbocycles. The van der Waals surface area contributed by atoms with E-state index in [4.69, 9.17) is 4.74 Å². The summed E-state index contributed by atoms with van der Waals surface area (Å²) in [4.78, 5) is 12.0. The van der Waals surface area contributed by atoms with Crippen LogP contribution in [0.15, 0.2) is 54.6 Å². The van der Waals surface area contributed by atoms with Crippen molar-refractivity contribution in [2.75, 3.05) is 6.54 Å². The van der Waals surface area contributed by atoms with Crippen molar-refractivity contribution in [2.24, 2.45) is 0 Å². The van der Waals surface area contributed by atoms with Crippen molar-refractivity contribution in [3.05, 3.63) is 71.3 Å². The maximum Gasteiger partial charge on any atom is 0.220 e. The van der Waals surface area contributed by atoms with Crippen LogP contribution in [0.25, 0.3) is 0 Å². The van der Waals surface area contributed by atoms with Gasteiger partial charge in [0.2, 0.25) is 5.91 Å². The van der Waals surface area contributed by atoms with Gasteiger partial charge in [-0.2, -0.15) is 0 Å². The number of carbonyl (C=O) groups excluding carboxylic acids is 1. The molecule has 0 spiro atoms. The Morgan fingerprint density at radius 1 is 1.00 bits per heavy atom. The highest BCUT2D eigenvalue weighted by Crippen LogP contribution is 2.19. The van der Waals surface area contributed by atoms with Crippen LogP contribution in [0.4, 0.5) is 0 Å². The van der Waals surface area contributed by atoms with Crippen molar-refractivity contribution in [1.82, 2.24) is 5.32 Å². The third-order valence-corrected chi connectivity index (χ3v) is 4.53. The quantitative estimate of drug-likeness (QED) is 0.790. The molecule has 1 unspecified atom stereocenters. The fourth-order valence-electron chi connectivity index (χ4n) is 3.12. The van der Waals surface area contributed by atoms with Crippen molar-refractivity contribution < 1.29 is 9.53 Å². The van der Waals surface area contributed by atoms with E-state index >= 15 is 0 Å². The van der Waals surface area contributed by atoms with Crippen molar-refractivity contribution in [3.63, 3.8) is 0 Å². The lowest BCUT2D eigenvalue weighted by Crippen LogP contribution is -2.36. The Morgan fingerprint density at radius 2 is 1.75 bits per heavy atom. The SMILES string of the molecule is O=C(CCCCc1ccccc1)NCC1Cc2ccccc2CO1. The molecule has 1 aliphatic heterocycles. The smallest absolute Gasteiger partial charge is 0.220 e. The van der Waals surface area contributed by atoms with Gasteiger partial charge in [-0.1, -0.05) is 54.6 Å². The molecule has 0 radical (unpaired) electrons. The van der Waals surface area contributed by atoms with Gasteiger partial charge in [-0.05, 0) is 36.0 Å². The Balaban J connectivity index is 1.32. The molecule has 24 heavy (non-hydrogen) atoms. The summed E-state index contributed by atoms with van der Waals surface area (Å²) in [5.74, 6) is 0.130. The lowest BCUT2D eigenvalue weighted by Gasteiger charge is -2.25. The van der Waals surface area contributed by atoms with E-state index in [0.717, 1.165) is 25.7 Å². The summed E-state index contributed by atoms with van der Waals surface area (Å²) in [5.41, 5.74) is 3.94. The Bertz CT molecular complexity index is 654. The Hall–Kier alpha value is -2.13.